The van der Waals surface area contributed by atoms with Crippen LogP contribution in [0.25, 0.3) is 17.2 Å². The first kappa shape index (κ1) is 12.7. The summed E-state index contributed by atoms with van der Waals surface area (Å²) >= 11 is 0. The second-order valence-corrected chi connectivity index (χ2v) is 5.79. The predicted molar refractivity (Wildman–Crippen MR) is 89.4 cm³/mol. The van der Waals surface area contributed by atoms with Gasteiger partial charge in [-0.3, -0.25) is 13.9 Å². The molecule has 5 nitrogen and oxygen atoms in total. The van der Waals surface area contributed by atoms with Crippen molar-refractivity contribution in [3.8, 4) is 0 Å². The Hall–Kier alpha value is -2.82. The molecule has 0 amide bonds. The van der Waals surface area contributed by atoms with Gasteiger partial charge in [-0.2, -0.15) is 0 Å². The van der Waals surface area contributed by atoms with Crippen LogP contribution in [-0.4, -0.2) is 9.13 Å². The minimum absolute atomic E-state index is 0.217. The summed E-state index contributed by atoms with van der Waals surface area (Å²) in [6, 6.07) is 0. The molecule has 0 aliphatic heterocycles. The molecule has 0 spiro atoms. The first-order chi connectivity index (χ1) is 11.5. The Balaban J connectivity index is 2.14. The molecule has 0 saturated heterocycles. The molecule has 5 heteroatoms. The van der Waals surface area contributed by atoms with E-state index in [0.29, 0.717) is 23.1 Å². The lowest BCUT2D eigenvalue weighted by atomic mass is 9.96. The van der Waals surface area contributed by atoms with E-state index in [0.717, 1.165) is 15.7 Å². The van der Waals surface area contributed by atoms with Gasteiger partial charge in [0.2, 0.25) is 5.71 Å². The molecule has 2 bridgehead atoms. The van der Waals surface area contributed by atoms with Crippen molar-refractivity contribution in [1.29, 1.82) is 0 Å². The number of hydrogen-bond donors (Lipinski definition) is 0. The summed E-state index contributed by atoms with van der Waals surface area (Å²) in [6.45, 7) is 0. The van der Waals surface area contributed by atoms with Gasteiger partial charge in [-0.25, -0.2) is 4.79 Å². The van der Waals surface area contributed by atoms with Crippen molar-refractivity contribution in [3.05, 3.63) is 73.7 Å². The summed E-state index contributed by atoms with van der Waals surface area (Å²) in [4.78, 5) is 24.7. The van der Waals surface area contributed by atoms with Crippen LogP contribution in [0.15, 0.2) is 55.5 Å². The molecule has 0 aromatic carbocycles. The predicted octanol–water partition coefficient (Wildman–Crippen LogP) is 2.21. The SMILES string of the molecule is [2H]C1C2=CC=CC=C(/C=C\c3c1oc1c3c(=O)n(C)c(=O)n1C)C2. The van der Waals surface area contributed by atoms with Crippen LogP contribution in [-0.2, 0) is 20.5 Å². The molecule has 23 heavy (non-hydrogen) atoms. The van der Waals surface area contributed by atoms with Gasteiger partial charge in [0.25, 0.3) is 5.56 Å². The molecular formula is C18H16N2O3. The van der Waals surface area contributed by atoms with Gasteiger partial charge >= 0.3 is 5.69 Å². The quantitative estimate of drug-likeness (QED) is 0.750. The van der Waals surface area contributed by atoms with Crippen LogP contribution in [0.4, 0.5) is 0 Å². The van der Waals surface area contributed by atoms with Crippen LogP contribution in [0.3, 0.4) is 0 Å². The number of hydrogen-bond acceptors (Lipinski definition) is 3. The third-order valence-electron chi connectivity index (χ3n) is 4.27. The highest BCUT2D eigenvalue weighted by molar-refractivity contribution is 5.86. The third-order valence-corrected chi connectivity index (χ3v) is 4.27. The van der Waals surface area contributed by atoms with Crippen molar-refractivity contribution in [2.24, 2.45) is 14.1 Å². The average molecular weight is 309 g/mol. The number of furan rings is 1. The molecule has 0 N–H and O–H groups in total. The van der Waals surface area contributed by atoms with Gasteiger partial charge in [0.05, 0.1) is 0 Å². The minimum Gasteiger partial charge on any atom is -0.443 e. The Kier molecular flexibility index (Phi) is 2.67. The van der Waals surface area contributed by atoms with Gasteiger partial charge in [-0.05, 0) is 12.0 Å². The van der Waals surface area contributed by atoms with Gasteiger partial charge in [0, 0.05) is 27.4 Å². The van der Waals surface area contributed by atoms with E-state index in [4.69, 9.17) is 5.79 Å². The Morgan fingerprint density at radius 2 is 1.91 bits per heavy atom. The fraction of sp³-hybridized carbons (Fsp3) is 0.222. The lowest BCUT2D eigenvalue weighted by Gasteiger charge is -2.09. The number of aromatic nitrogens is 2. The first-order valence-electron chi connectivity index (χ1n) is 7.96. The molecule has 2 aromatic heterocycles. The molecule has 0 saturated carbocycles. The fourth-order valence-electron chi connectivity index (χ4n) is 3.01. The fourth-order valence-corrected chi connectivity index (χ4v) is 3.01. The van der Waals surface area contributed by atoms with Crippen LogP contribution >= 0.6 is 0 Å². The van der Waals surface area contributed by atoms with E-state index < -0.39 is 17.6 Å². The van der Waals surface area contributed by atoms with E-state index in [1.54, 1.807) is 7.05 Å². The molecule has 2 heterocycles. The normalized spacial score (nSPS) is 21.7. The molecule has 0 radical (unpaired) electrons. The van der Waals surface area contributed by atoms with Gasteiger partial charge in [-0.15, -0.1) is 0 Å². The highest BCUT2D eigenvalue weighted by atomic mass is 16.3. The van der Waals surface area contributed by atoms with Gasteiger partial charge < -0.3 is 4.42 Å². The number of fused-ring (bicyclic) bond motifs is 5. The maximum Gasteiger partial charge on any atom is 0.333 e. The summed E-state index contributed by atoms with van der Waals surface area (Å²) in [5.74, 6) is 0.403. The van der Waals surface area contributed by atoms with Gasteiger partial charge in [0.15, 0.2) is 0 Å². The van der Waals surface area contributed by atoms with Crippen LogP contribution < -0.4 is 11.2 Å². The lowest BCUT2D eigenvalue weighted by molar-refractivity contribution is 0.522. The summed E-state index contributed by atoms with van der Waals surface area (Å²) in [5.41, 5.74) is 1.91. The Labute approximate surface area is 133 Å². The van der Waals surface area contributed by atoms with E-state index in [2.05, 4.69) is 0 Å². The summed E-state index contributed by atoms with van der Waals surface area (Å²) < 4.78 is 16.8. The van der Waals surface area contributed by atoms with Crippen LogP contribution in [0.2, 0.25) is 0 Å². The second kappa shape index (κ2) is 4.84. The molecule has 2 aliphatic rings. The third kappa shape index (κ3) is 2.00. The van der Waals surface area contributed by atoms with Crippen LogP contribution in [0.1, 0.15) is 19.1 Å². The molecule has 1 atom stereocenters. The monoisotopic (exact) mass is 309 g/mol. The van der Waals surface area contributed by atoms with E-state index >= 15 is 0 Å². The highest BCUT2D eigenvalue weighted by Crippen LogP contribution is 2.31. The number of aryl methyl sites for hydroxylation is 1. The van der Waals surface area contributed by atoms with Crippen molar-refractivity contribution >= 4 is 17.2 Å². The maximum atomic E-state index is 12.6. The topological polar surface area (TPSA) is 57.1 Å². The van der Waals surface area contributed by atoms with Crippen molar-refractivity contribution in [2.75, 3.05) is 0 Å². The zero-order valence-corrected chi connectivity index (χ0v) is 12.9. The van der Waals surface area contributed by atoms with E-state index in [9.17, 15) is 9.59 Å². The Bertz CT molecular complexity index is 1110. The largest absolute Gasteiger partial charge is 0.443 e. The van der Waals surface area contributed by atoms with Crippen LogP contribution in [0.5, 0.6) is 0 Å². The maximum absolute atomic E-state index is 12.6. The summed E-state index contributed by atoms with van der Waals surface area (Å²) in [5, 5.41) is 0.343. The van der Waals surface area contributed by atoms with Crippen LogP contribution in [0, 0.1) is 0 Å². The molecule has 2 aliphatic carbocycles. The Morgan fingerprint density at radius 3 is 2.74 bits per heavy atom. The van der Waals surface area contributed by atoms with Gasteiger partial charge in [0.1, 0.15) is 11.1 Å². The molecular weight excluding hydrogens is 292 g/mol. The van der Waals surface area contributed by atoms with Crippen molar-refractivity contribution < 1.29 is 5.79 Å². The van der Waals surface area contributed by atoms with Crippen molar-refractivity contribution in [2.45, 2.75) is 12.8 Å². The summed E-state index contributed by atoms with van der Waals surface area (Å²) in [7, 11) is 3.01. The smallest absolute Gasteiger partial charge is 0.333 e. The molecule has 116 valence electrons. The zero-order valence-electron chi connectivity index (χ0n) is 13.9. The van der Waals surface area contributed by atoms with E-state index in [1.165, 1.54) is 11.6 Å². The van der Waals surface area contributed by atoms with Gasteiger partial charge in [-0.1, -0.05) is 42.0 Å². The zero-order chi connectivity index (χ0) is 17.0. The molecule has 0 fully saturated rings. The molecule has 4 rings (SSSR count). The average Bonchev–Trinajstić information content (AvgIpc) is 2.77. The second-order valence-electron chi connectivity index (χ2n) is 5.79. The standard InChI is InChI=1S/C18H16N2O3/c1-19-16(21)15-13-8-7-11-5-3-4-6-12(9-11)10-14(13)23-17(15)20(2)18(19)22/h3-8H,9-10H2,1-2H3/b8-7-/i10D. The number of rotatable bonds is 0. The number of allylic oxidation sites excluding steroid dienone is 7. The van der Waals surface area contributed by atoms with Crippen molar-refractivity contribution in [1.82, 2.24) is 9.13 Å². The van der Waals surface area contributed by atoms with E-state index in [1.807, 2.05) is 36.5 Å². The van der Waals surface area contributed by atoms with Crippen molar-refractivity contribution in [3.63, 3.8) is 0 Å². The number of nitrogens with zero attached hydrogens (tertiary/aromatic N) is 2. The lowest BCUT2D eigenvalue weighted by Crippen LogP contribution is -2.36. The Morgan fingerprint density at radius 1 is 1.13 bits per heavy atom. The molecule has 2 aromatic rings. The van der Waals surface area contributed by atoms with E-state index in [-0.39, 0.29) is 5.71 Å². The summed E-state index contributed by atoms with van der Waals surface area (Å²) in [6.07, 6.45) is 11.4. The first-order valence-corrected chi connectivity index (χ1v) is 7.38. The highest BCUT2D eigenvalue weighted by Gasteiger charge is 2.22. The molecule has 1 unspecified atom stereocenters. The minimum atomic E-state index is -0.719.